The maximum atomic E-state index is 6.27. The summed E-state index contributed by atoms with van der Waals surface area (Å²) >= 11 is 0. The summed E-state index contributed by atoms with van der Waals surface area (Å²) in [6, 6.07) is 9.22. The van der Waals surface area contributed by atoms with Gasteiger partial charge in [0.2, 0.25) is 0 Å². The van der Waals surface area contributed by atoms with Gasteiger partial charge < -0.3 is 10.6 Å². The van der Waals surface area contributed by atoms with E-state index in [0.29, 0.717) is 17.4 Å². The molecule has 0 radical (unpaired) electrons. The quantitative estimate of drug-likeness (QED) is 0.912. The van der Waals surface area contributed by atoms with Crippen LogP contribution in [-0.4, -0.2) is 24.5 Å². The van der Waals surface area contributed by atoms with E-state index in [1.54, 1.807) is 0 Å². The first-order chi connectivity index (χ1) is 9.80. The standard InChI is InChI=1S/C19H32N2/c1-14-7-6-8-16(11-14)12-21(5)13-17-9-10-18(20)15(2)19(17,3)4/h6-8,11,15,17-18H,9-10,12-13,20H2,1-5H3. The number of rotatable bonds is 4. The molecule has 0 aliphatic heterocycles. The van der Waals surface area contributed by atoms with Crippen molar-refractivity contribution in [3.05, 3.63) is 35.4 Å². The molecule has 2 heteroatoms. The Kier molecular flexibility index (Phi) is 5.11. The molecule has 0 amide bonds. The van der Waals surface area contributed by atoms with Gasteiger partial charge in [0.15, 0.2) is 0 Å². The van der Waals surface area contributed by atoms with Gasteiger partial charge in [-0.2, -0.15) is 0 Å². The van der Waals surface area contributed by atoms with E-state index in [1.165, 1.54) is 24.0 Å². The molecule has 3 atom stereocenters. The zero-order valence-corrected chi connectivity index (χ0v) is 14.4. The fourth-order valence-corrected chi connectivity index (χ4v) is 3.83. The van der Waals surface area contributed by atoms with Gasteiger partial charge in [-0.3, -0.25) is 0 Å². The second-order valence-electron chi connectivity index (χ2n) is 7.73. The topological polar surface area (TPSA) is 29.3 Å². The van der Waals surface area contributed by atoms with Crippen molar-refractivity contribution >= 4 is 0 Å². The molecule has 1 aromatic carbocycles. The maximum Gasteiger partial charge on any atom is 0.0230 e. The van der Waals surface area contributed by atoms with Crippen molar-refractivity contribution in [2.24, 2.45) is 23.0 Å². The van der Waals surface area contributed by atoms with Crippen LogP contribution in [-0.2, 0) is 6.54 Å². The highest BCUT2D eigenvalue weighted by Crippen LogP contribution is 2.44. The molecular formula is C19H32N2. The number of nitrogens with two attached hydrogens (primary N) is 1. The molecule has 0 bridgehead atoms. The molecule has 21 heavy (non-hydrogen) atoms. The first-order valence-electron chi connectivity index (χ1n) is 8.30. The van der Waals surface area contributed by atoms with Crippen LogP contribution >= 0.6 is 0 Å². The second kappa shape index (κ2) is 6.50. The lowest BCUT2D eigenvalue weighted by molar-refractivity contribution is 0.0324. The fourth-order valence-electron chi connectivity index (χ4n) is 3.83. The van der Waals surface area contributed by atoms with Crippen LogP contribution in [0.5, 0.6) is 0 Å². The molecule has 0 spiro atoms. The van der Waals surface area contributed by atoms with Gasteiger partial charge in [-0.25, -0.2) is 0 Å². The van der Waals surface area contributed by atoms with Gasteiger partial charge in [0.1, 0.15) is 0 Å². The highest BCUT2D eigenvalue weighted by atomic mass is 15.1. The zero-order valence-electron chi connectivity index (χ0n) is 14.4. The average molecular weight is 288 g/mol. The predicted octanol–water partition coefficient (Wildman–Crippen LogP) is 3.83. The first-order valence-corrected chi connectivity index (χ1v) is 8.30. The molecule has 2 rings (SSSR count). The van der Waals surface area contributed by atoms with Crippen molar-refractivity contribution in [1.82, 2.24) is 4.90 Å². The number of nitrogens with zero attached hydrogens (tertiary/aromatic N) is 1. The third kappa shape index (κ3) is 3.87. The van der Waals surface area contributed by atoms with E-state index in [-0.39, 0.29) is 0 Å². The van der Waals surface area contributed by atoms with Crippen LogP contribution < -0.4 is 5.73 Å². The molecule has 1 saturated carbocycles. The van der Waals surface area contributed by atoms with Crippen LogP contribution in [0.2, 0.25) is 0 Å². The Morgan fingerprint density at radius 2 is 2.00 bits per heavy atom. The first kappa shape index (κ1) is 16.5. The molecule has 1 aromatic rings. The molecule has 118 valence electrons. The highest BCUT2D eigenvalue weighted by Gasteiger charge is 2.41. The Bertz CT molecular complexity index is 466. The van der Waals surface area contributed by atoms with Crippen molar-refractivity contribution < 1.29 is 0 Å². The van der Waals surface area contributed by atoms with Gasteiger partial charge in [0.05, 0.1) is 0 Å². The summed E-state index contributed by atoms with van der Waals surface area (Å²) in [5, 5.41) is 0. The Hall–Kier alpha value is -0.860. The summed E-state index contributed by atoms with van der Waals surface area (Å²) in [6.45, 7) is 11.5. The number of hydrogen-bond donors (Lipinski definition) is 1. The summed E-state index contributed by atoms with van der Waals surface area (Å²) in [7, 11) is 2.25. The lowest BCUT2D eigenvalue weighted by atomic mass is 9.61. The molecule has 3 unspecified atom stereocenters. The van der Waals surface area contributed by atoms with Crippen molar-refractivity contribution in [2.45, 2.75) is 53.1 Å². The van der Waals surface area contributed by atoms with Gasteiger partial charge in [0.25, 0.3) is 0 Å². The molecule has 1 aliphatic carbocycles. The van der Waals surface area contributed by atoms with Crippen LogP contribution in [0, 0.1) is 24.2 Å². The summed E-state index contributed by atoms with van der Waals surface area (Å²) < 4.78 is 0. The smallest absolute Gasteiger partial charge is 0.0230 e. The lowest BCUT2D eigenvalue weighted by Gasteiger charge is -2.48. The van der Waals surface area contributed by atoms with Crippen LogP contribution in [0.4, 0.5) is 0 Å². The normalized spacial score (nSPS) is 28.8. The molecule has 2 nitrogen and oxygen atoms in total. The van der Waals surface area contributed by atoms with E-state index in [1.807, 2.05) is 0 Å². The van der Waals surface area contributed by atoms with E-state index in [4.69, 9.17) is 5.73 Å². The van der Waals surface area contributed by atoms with E-state index in [2.05, 4.69) is 63.9 Å². The minimum atomic E-state index is 0.332. The van der Waals surface area contributed by atoms with E-state index in [9.17, 15) is 0 Å². The van der Waals surface area contributed by atoms with Gasteiger partial charge in [-0.15, -0.1) is 0 Å². The number of aryl methyl sites for hydroxylation is 1. The van der Waals surface area contributed by atoms with Gasteiger partial charge in [-0.1, -0.05) is 50.6 Å². The highest BCUT2D eigenvalue weighted by molar-refractivity contribution is 5.22. The monoisotopic (exact) mass is 288 g/mol. The van der Waals surface area contributed by atoms with Crippen molar-refractivity contribution in [1.29, 1.82) is 0 Å². The summed E-state index contributed by atoms with van der Waals surface area (Å²) in [5.74, 6) is 1.34. The van der Waals surface area contributed by atoms with Crippen molar-refractivity contribution in [2.75, 3.05) is 13.6 Å². The van der Waals surface area contributed by atoms with Crippen molar-refractivity contribution in [3.8, 4) is 0 Å². The van der Waals surface area contributed by atoms with Crippen LogP contribution in [0.3, 0.4) is 0 Å². The van der Waals surface area contributed by atoms with Gasteiger partial charge in [0, 0.05) is 19.1 Å². The van der Waals surface area contributed by atoms with Gasteiger partial charge >= 0.3 is 0 Å². The molecule has 0 saturated heterocycles. The van der Waals surface area contributed by atoms with Crippen LogP contribution in [0.25, 0.3) is 0 Å². The molecule has 1 fully saturated rings. The molecule has 1 aliphatic rings. The second-order valence-corrected chi connectivity index (χ2v) is 7.73. The predicted molar refractivity (Wildman–Crippen MR) is 91.2 cm³/mol. The number of benzene rings is 1. The zero-order chi connectivity index (χ0) is 15.6. The molecule has 2 N–H and O–H groups in total. The van der Waals surface area contributed by atoms with Crippen LogP contribution in [0.1, 0.15) is 44.7 Å². The van der Waals surface area contributed by atoms with E-state index < -0.39 is 0 Å². The largest absolute Gasteiger partial charge is 0.327 e. The van der Waals surface area contributed by atoms with E-state index in [0.717, 1.165) is 19.0 Å². The summed E-state index contributed by atoms with van der Waals surface area (Å²) in [6.07, 6.45) is 2.43. The number of hydrogen-bond acceptors (Lipinski definition) is 2. The maximum absolute atomic E-state index is 6.27. The summed E-state index contributed by atoms with van der Waals surface area (Å²) in [4.78, 5) is 2.48. The molecular weight excluding hydrogens is 256 g/mol. The summed E-state index contributed by atoms with van der Waals surface area (Å²) in [5.41, 5.74) is 9.36. The van der Waals surface area contributed by atoms with Crippen molar-refractivity contribution in [3.63, 3.8) is 0 Å². The SMILES string of the molecule is Cc1cccc(CN(C)CC2CCC(N)C(C)C2(C)C)c1. The minimum absolute atomic E-state index is 0.332. The molecule has 0 heterocycles. The average Bonchev–Trinajstić information content (AvgIpc) is 2.40. The van der Waals surface area contributed by atoms with Gasteiger partial charge in [-0.05, 0) is 49.6 Å². The Morgan fingerprint density at radius 3 is 2.67 bits per heavy atom. The van der Waals surface area contributed by atoms with Crippen LogP contribution in [0.15, 0.2) is 24.3 Å². The Labute approximate surface area is 130 Å². The Morgan fingerprint density at radius 1 is 1.29 bits per heavy atom. The lowest BCUT2D eigenvalue weighted by Crippen LogP contribution is -2.49. The third-order valence-electron chi connectivity index (χ3n) is 5.78. The minimum Gasteiger partial charge on any atom is -0.327 e. The van der Waals surface area contributed by atoms with E-state index >= 15 is 0 Å². The fraction of sp³-hybridized carbons (Fsp3) is 0.684. The third-order valence-corrected chi connectivity index (χ3v) is 5.78. The molecule has 0 aromatic heterocycles. The Balaban J connectivity index is 1.97.